The first kappa shape index (κ1) is 26.8. The van der Waals surface area contributed by atoms with Crippen LogP contribution in [0.2, 0.25) is 0 Å². The van der Waals surface area contributed by atoms with Crippen molar-refractivity contribution < 1.29 is 28.6 Å². The van der Waals surface area contributed by atoms with Crippen LogP contribution >= 0.6 is 0 Å². The molecule has 1 unspecified atom stereocenters. The Balaban J connectivity index is 1.36. The summed E-state index contributed by atoms with van der Waals surface area (Å²) in [6.07, 6.45) is 4.96. The highest BCUT2D eigenvalue weighted by atomic mass is 16.5. The first-order valence-corrected chi connectivity index (χ1v) is 13.4. The molecular weight excluding hydrogens is 470 g/mol. The molecule has 1 aromatic heterocycles. The molecule has 7 nitrogen and oxygen atoms in total. The zero-order chi connectivity index (χ0) is 26.6. The second-order valence-corrected chi connectivity index (χ2v) is 11.1. The summed E-state index contributed by atoms with van der Waals surface area (Å²) in [5, 5.41) is 15.1. The molecule has 1 aliphatic rings. The van der Waals surface area contributed by atoms with Gasteiger partial charge in [-0.25, -0.2) is 4.79 Å². The number of rotatable bonds is 11. The molecule has 1 aliphatic heterocycles. The minimum Gasteiger partial charge on any atom is -0.493 e. The van der Waals surface area contributed by atoms with Crippen molar-refractivity contribution in [2.45, 2.75) is 85.2 Å². The third-order valence-corrected chi connectivity index (χ3v) is 6.89. The molecule has 0 fully saturated rings. The Morgan fingerprint density at radius 3 is 2.62 bits per heavy atom. The maximum atomic E-state index is 11.8. The molecule has 0 amide bonds. The van der Waals surface area contributed by atoms with Crippen LogP contribution in [0.5, 0.6) is 17.2 Å². The van der Waals surface area contributed by atoms with Gasteiger partial charge in [0.2, 0.25) is 5.60 Å². The predicted molar refractivity (Wildman–Crippen MR) is 143 cm³/mol. The lowest BCUT2D eigenvalue weighted by Crippen LogP contribution is -2.46. The van der Waals surface area contributed by atoms with Crippen LogP contribution in [0, 0.1) is 5.41 Å². The Labute approximate surface area is 219 Å². The molecule has 3 aromatic rings. The number of benzene rings is 2. The molecule has 0 radical (unpaired) electrons. The fraction of sp³-hybridized carbons (Fsp3) is 0.533. The van der Waals surface area contributed by atoms with Gasteiger partial charge < -0.3 is 23.8 Å². The van der Waals surface area contributed by atoms with Gasteiger partial charge in [0.1, 0.15) is 17.2 Å². The number of fused-ring (bicyclic) bond motifs is 2. The van der Waals surface area contributed by atoms with E-state index in [2.05, 4.69) is 38.9 Å². The van der Waals surface area contributed by atoms with Crippen molar-refractivity contribution in [3.8, 4) is 17.2 Å². The van der Waals surface area contributed by atoms with Gasteiger partial charge >= 0.3 is 5.97 Å². The lowest BCUT2D eigenvalue weighted by molar-refractivity contribution is -0.157. The van der Waals surface area contributed by atoms with E-state index in [9.17, 15) is 9.90 Å². The van der Waals surface area contributed by atoms with Crippen molar-refractivity contribution in [2.75, 3.05) is 13.2 Å². The zero-order valence-corrected chi connectivity index (χ0v) is 22.7. The molecule has 2 aromatic carbocycles. The summed E-state index contributed by atoms with van der Waals surface area (Å²) in [6, 6.07) is 9.75. The van der Waals surface area contributed by atoms with Gasteiger partial charge in [0.25, 0.3) is 0 Å². The van der Waals surface area contributed by atoms with E-state index in [1.807, 2.05) is 25.1 Å². The maximum Gasteiger partial charge on any atom is 0.348 e. The number of nitrogens with zero attached hydrogens (tertiary/aromatic N) is 1. The summed E-state index contributed by atoms with van der Waals surface area (Å²) in [7, 11) is 0. The molecule has 0 bridgehead atoms. The van der Waals surface area contributed by atoms with Gasteiger partial charge in [-0.1, -0.05) is 52.3 Å². The molecule has 0 spiro atoms. The molecule has 1 atom stereocenters. The van der Waals surface area contributed by atoms with Gasteiger partial charge in [-0.05, 0) is 54.9 Å². The second kappa shape index (κ2) is 11.0. The first-order valence-electron chi connectivity index (χ1n) is 13.4. The molecule has 0 aliphatic carbocycles. The van der Waals surface area contributed by atoms with Crippen LogP contribution in [0.15, 0.2) is 34.9 Å². The molecule has 1 N–H and O–H groups in total. The summed E-state index contributed by atoms with van der Waals surface area (Å²) in [6.45, 7) is 11.6. The highest BCUT2D eigenvalue weighted by molar-refractivity contribution is 5.84. The van der Waals surface area contributed by atoms with E-state index in [1.54, 1.807) is 6.07 Å². The van der Waals surface area contributed by atoms with Gasteiger partial charge in [-0.2, -0.15) is 0 Å². The van der Waals surface area contributed by atoms with Crippen LogP contribution < -0.4 is 14.2 Å². The number of ether oxygens (including phenoxy) is 3. The van der Waals surface area contributed by atoms with Crippen molar-refractivity contribution in [1.82, 2.24) is 5.16 Å². The van der Waals surface area contributed by atoms with Crippen molar-refractivity contribution >= 4 is 16.9 Å². The SMILES string of the molecule is CCCc1c(OCCCOc2ccc3c(c2)OC(CC)(C(=O)O)CC3)ccc2c(CC(C)(C)C)noc12. The Kier molecular flexibility index (Phi) is 8.00. The smallest absolute Gasteiger partial charge is 0.348 e. The van der Waals surface area contributed by atoms with E-state index in [4.69, 9.17) is 18.7 Å². The predicted octanol–water partition coefficient (Wildman–Crippen LogP) is 6.78. The normalized spacial score (nSPS) is 17.3. The minimum atomic E-state index is -1.16. The van der Waals surface area contributed by atoms with Gasteiger partial charge in [0.15, 0.2) is 5.58 Å². The summed E-state index contributed by atoms with van der Waals surface area (Å²) >= 11 is 0. The van der Waals surface area contributed by atoms with Crippen LogP contribution in [0.4, 0.5) is 0 Å². The van der Waals surface area contributed by atoms with E-state index in [1.165, 1.54) is 0 Å². The number of hydrogen-bond acceptors (Lipinski definition) is 6. The molecule has 0 saturated heterocycles. The topological polar surface area (TPSA) is 91.0 Å². The third-order valence-electron chi connectivity index (χ3n) is 6.89. The number of aliphatic carboxylic acids is 1. The van der Waals surface area contributed by atoms with E-state index < -0.39 is 11.6 Å². The summed E-state index contributed by atoms with van der Waals surface area (Å²) < 4.78 is 23.8. The van der Waals surface area contributed by atoms with Crippen LogP contribution in [0.25, 0.3) is 11.0 Å². The maximum absolute atomic E-state index is 11.8. The third kappa shape index (κ3) is 6.03. The van der Waals surface area contributed by atoms with Crippen LogP contribution in [0.1, 0.15) is 77.1 Å². The first-order chi connectivity index (χ1) is 17.7. The van der Waals surface area contributed by atoms with E-state index in [-0.39, 0.29) is 5.41 Å². The Morgan fingerprint density at radius 1 is 1.14 bits per heavy atom. The molecule has 37 heavy (non-hydrogen) atoms. The van der Waals surface area contributed by atoms with Crippen LogP contribution in [0.3, 0.4) is 0 Å². The number of carboxylic acid groups (broad SMARTS) is 1. The second-order valence-electron chi connectivity index (χ2n) is 11.1. The monoisotopic (exact) mass is 509 g/mol. The Morgan fingerprint density at radius 2 is 1.92 bits per heavy atom. The number of aryl methyl sites for hydroxylation is 2. The lowest BCUT2D eigenvalue weighted by Gasteiger charge is -2.34. The van der Waals surface area contributed by atoms with E-state index in [0.29, 0.717) is 50.4 Å². The number of carboxylic acids is 1. The molecule has 200 valence electrons. The van der Waals surface area contributed by atoms with Gasteiger partial charge in [0, 0.05) is 29.9 Å². The summed E-state index contributed by atoms with van der Waals surface area (Å²) in [5.41, 5.74) is 2.87. The largest absolute Gasteiger partial charge is 0.493 e. The van der Waals surface area contributed by atoms with Crippen LogP contribution in [-0.2, 0) is 24.1 Å². The van der Waals surface area contributed by atoms with Crippen molar-refractivity contribution in [2.24, 2.45) is 5.41 Å². The summed E-state index contributed by atoms with van der Waals surface area (Å²) in [4.78, 5) is 11.8. The van der Waals surface area contributed by atoms with Crippen LogP contribution in [-0.4, -0.2) is 35.0 Å². The fourth-order valence-electron chi connectivity index (χ4n) is 4.85. The van der Waals surface area contributed by atoms with Gasteiger partial charge in [0.05, 0.1) is 18.9 Å². The Hall–Kier alpha value is -3.22. The standard InChI is InChI=1S/C30H39NO6/c1-6-9-23-25(13-12-22-24(19-29(3,4)5)31-37-27(22)23)35-17-8-16-34-21-11-10-20-14-15-30(7-2,28(32)33)36-26(20)18-21/h10-13,18H,6-9,14-17,19H2,1-5H3,(H,32,33). The van der Waals surface area contributed by atoms with Gasteiger partial charge in [-0.15, -0.1) is 0 Å². The highest BCUT2D eigenvalue weighted by Gasteiger charge is 2.42. The lowest BCUT2D eigenvalue weighted by atomic mass is 9.89. The molecule has 0 saturated carbocycles. The number of carbonyl (C=O) groups is 1. The average molecular weight is 510 g/mol. The molecule has 7 heteroatoms. The van der Waals surface area contributed by atoms with E-state index >= 15 is 0 Å². The molecular formula is C30H39NO6. The van der Waals surface area contributed by atoms with E-state index in [0.717, 1.165) is 52.8 Å². The minimum absolute atomic E-state index is 0.128. The van der Waals surface area contributed by atoms with Gasteiger partial charge in [-0.3, -0.25) is 0 Å². The van der Waals surface area contributed by atoms with Crippen molar-refractivity contribution in [1.29, 1.82) is 0 Å². The summed E-state index contributed by atoms with van der Waals surface area (Å²) in [5.74, 6) is 1.18. The Bertz CT molecular complexity index is 1240. The van der Waals surface area contributed by atoms with Crippen molar-refractivity contribution in [3.63, 3.8) is 0 Å². The van der Waals surface area contributed by atoms with Crippen molar-refractivity contribution in [3.05, 3.63) is 47.2 Å². The fourth-order valence-corrected chi connectivity index (χ4v) is 4.85. The molecule has 4 rings (SSSR count). The average Bonchev–Trinajstić information content (AvgIpc) is 3.25. The number of hydrogen-bond donors (Lipinski definition) is 1. The highest BCUT2D eigenvalue weighted by Crippen LogP contribution is 2.38. The number of aromatic nitrogens is 1. The quantitative estimate of drug-likeness (QED) is 0.285. The zero-order valence-electron chi connectivity index (χ0n) is 22.7. The molecule has 2 heterocycles.